The smallest absolute Gasteiger partial charge is 0.151 e. The van der Waals surface area contributed by atoms with Crippen molar-refractivity contribution in [2.45, 2.75) is 51.3 Å². The third kappa shape index (κ3) is 2.94. The van der Waals surface area contributed by atoms with E-state index in [0.29, 0.717) is 0 Å². The van der Waals surface area contributed by atoms with Gasteiger partial charge < -0.3 is 5.32 Å². The molecule has 0 radical (unpaired) electrons. The zero-order valence-electron chi connectivity index (χ0n) is 10.2. The van der Waals surface area contributed by atoms with Crippen LogP contribution in [0.5, 0.6) is 0 Å². The van der Waals surface area contributed by atoms with Gasteiger partial charge in [-0.25, -0.2) is 8.42 Å². The van der Waals surface area contributed by atoms with Crippen molar-refractivity contribution in [3.63, 3.8) is 0 Å². The van der Waals surface area contributed by atoms with Crippen LogP contribution in [0.4, 0.5) is 0 Å². The Kier molecular flexibility index (Phi) is 3.82. The lowest BCUT2D eigenvalue weighted by Gasteiger charge is -2.43. The number of nitrogens with one attached hydrogen (secondary N) is 1. The second kappa shape index (κ2) is 4.42. The van der Waals surface area contributed by atoms with Crippen molar-refractivity contribution in [3.05, 3.63) is 0 Å². The van der Waals surface area contributed by atoms with Crippen molar-refractivity contribution in [3.8, 4) is 0 Å². The molecule has 0 heterocycles. The van der Waals surface area contributed by atoms with E-state index in [9.17, 15) is 8.42 Å². The molecule has 90 valence electrons. The quantitative estimate of drug-likeness (QED) is 0.805. The van der Waals surface area contributed by atoms with Gasteiger partial charge in [-0.15, -0.1) is 0 Å². The predicted molar refractivity (Wildman–Crippen MR) is 63.7 cm³/mol. The highest BCUT2D eigenvalue weighted by molar-refractivity contribution is 7.91. The molecule has 0 aromatic rings. The molecule has 2 unspecified atom stereocenters. The van der Waals surface area contributed by atoms with Crippen LogP contribution in [0, 0.1) is 5.41 Å². The van der Waals surface area contributed by atoms with Gasteiger partial charge in [0.2, 0.25) is 0 Å². The van der Waals surface area contributed by atoms with Crippen molar-refractivity contribution in [2.75, 3.05) is 12.8 Å². The van der Waals surface area contributed by atoms with Crippen LogP contribution in [0.3, 0.4) is 0 Å². The van der Waals surface area contributed by atoms with E-state index >= 15 is 0 Å². The normalized spacial score (nSPS) is 31.5. The average Bonchev–Trinajstić information content (AvgIpc) is 2.06. The molecule has 1 aliphatic rings. The monoisotopic (exact) mass is 233 g/mol. The molecule has 0 saturated heterocycles. The van der Waals surface area contributed by atoms with E-state index < -0.39 is 9.84 Å². The van der Waals surface area contributed by atoms with E-state index in [-0.39, 0.29) is 16.7 Å². The van der Waals surface area contributed by atoms with Crippen LogP contribution in [-0.2, 0) is 9.84 Å². The summed E-state index contributed by atoms with van der Waals surface area (Å²) >= 11 is 0. The second-order valence-electron chi connectivity index (χ2n) is 5.28. The lowest BCUT2D eigenvalue weighted by Crippen LogP contribution is -2.55. The highest BCUT2D eigenvalue weighted by Gasteiger charge is 2.42. The van der Waals surface area contributed by atoms with Crippen LogP contribution in [0.2, 0.25) is 0 Å². The minimum Gasteiger partial charge on any atom is -0.312 e. The first-order chi connectivity index (χ1) is 6.79. The van der Waals surface area contributed by atoms with E-state index in [1.807, 2.05) is 6.92 Å². The Labute approximate surface area is 93.6 Å². The summed E-state index contributed by atoms with van der Waals surface area (Å²) in [6, 6.07) is 0.103. The fourth-order valence-electron chi connectivity index (χ4n) is 2.67. The average molecular weight is 233 g/mol. The van der Waals surface area contributed by atoms with Gasteiger partial charge in [-0.05, 0) is 24.8 Å². The van der Waals surface area contributed by atoms with Crippen molar-refractivity contribution in [2.24, 2.45) is 5.41 Å². The van der Waals surface area contributed by atoms with Gasteiger partial charge >= 0.3 is 0 Å². The van der Waals surface area contributed by atoms with Crippen molar-refractivity contribution >= 4 is 9.84 Å². The van der Waals surface area contributed by atoms with Crippen molar-refractivity contribution < 1.29 is 8.42 Å². The molecule has 15 heavy (non-hydrogen) atoms. The number of hydrogen-bond donors (Lipinski definition) is 1. The molecule has 0 spiro atoms. The summed E-state index contributed by atoms with van der Waals surface area (Å²) in [5.74, 6) is 0. The van der Waals surface area contributed by atoms with Crippen LogP contribution >= 0.6 is 0 Å². The fourth-order valence-corrected chi connectivity index (χ4v) is 4.23. The molecular weight excluding hydrogens is 210 g/mol. The van der Waals surface area contributed by atoms with Gasteiger partial charge in [0.1, 0.15) is 0 Å². The molecule has 1 saturated carbocycles. The number of rotatable bonds is 3. The Hall–Kier alpha value is -0.0900. The Balaban J connectivity index is 2.95. The third-order valence-electron chi connectivity index (χ3n) is 3.50. The molecule has 0 bridgehead atoms. The van der Waals surface area contributed by atoms with Crippen LogP contribution in [0.1, 0.15) is 40.0 Å². The number of hydrogen-bond acceptors (Lipinski definition) is 3. The van der Waals surface area contributed by atoms with Gasteiger partial charge in [-0.1, -0.05) is 27.2 Å². The van der Waals surface area contributed by atoms with Gasteiger partial charge in [-0.2, -0.15) is 0 Å². The lowest BCUT2D eigenvalue weighted by molar-refractivity contribution is 0.173. The highest BCUT2D eigenvalue weighted by atomic mass is 32.2. The molecule has 0 amide bonds. The highest BCUT2D eigenvalue weighted by Crippen LogP contribution is 2.38. The zero-order chi connectivity index (χ0) is 11.7. The first-order valence-corrected chi connectivity index (χ1v) is 7.66. The Morgan fingerprint density at radius 1 is 1.40 bits per heavy atom. The maximum atomic E-state index is 11.7. The summed E-state index contributed by atoms with van der Waals surface area (Å²) in [5.41, 5.74) is 0.0853. The lowest BCUT2D eigenvalue weighted by atomic mass is 9.73. The summed E-state index contributed by atoms with van der Waals surface area (Å²) in [5, 5.41) is 3.14. The molecule has 1 N–H and O–H groups in total. The molecular formula is C11H23NO2S. The van der Waals surface area contributed by atoms with Gasteiger partial charge in [0, 0.05) is 12.3 Å². The molecule has 3 nitrogen and oxygen atoms in total. The van der Waals surface area contributed by atoms with Crippen LogP contribution in [0.25, 0.3) is 0 Å². The molecule has 0 aliphatic heterocycles. The molecule has 1 fully saturated rings. The van der Waals surface area contributed by atoms with E-state index in [2.05, 4.69) is 19.2 Å². The number of sulfone groups is 1. The Bertz CT molecular complexity index is 309. The van der Waals surface area contributed by atoms with E-state index in [1.54, 1.807) is 0 Å². The summed E-state index contributed by atoms with van der Waals surface area (Å²) in [4.78, 5) is 0. The molecule has 1 rings (SSSR count). The molecule has 0 aromatic carbocycles. The predicted octanol–water partition coefficient (Wildman–Crippen LogP) is 1.59. The third-order valence-corrected chi connectivity index (χ3v) is 5.11. The summed E-state index contributed by atoms with van der Waals surface area (Å²) in [6.07, 6.45) is 4.30. The molecule has 4 heteroatoms. The maximum absolute atomic E-state index is 11.7. The summed E-state index contributed by atoms with van der Waals surface area (Å²) < 4.78 is 23.4. The van der Waals surface area contributed by atoms with Crippen molar-refractivity contribution in [1.29, 1.82) is 0 Å². The van der Waals surface area contributed by atoms with Gasteiger partial charge in [0.25, 0.3) is 0 Å². The molecule has 1 aliphatic carbocycles. The maximum Gasteiger partial charge on any atom is 0.151 e. The van der Waals surface area contributed by atoms with Crippen LogP contribution < -0.4 is 5.32 Å². The zero-order valence-corrected chi connectivity index (χ0v) is 11.0. The van der Waals surface area contributed by atoms with E-state index in [4.69, 9.17) is 0 Å². The second-order valence-corrected chi connectivity index (χ2v) is 7.55. The SMILES string of the molecule is CCNC1C(S(C)(=O)=O)CCCC1(C)C. The summed E-state index contributed by atoms with van der Waals surface area (Å²) in [7, 11) is -2.93. The van der Waals surface area contributed by atoms with Gasteiger partial charge in [0.05, 0.1) is 5.25 Å². The van der Waals surface area contributed by atoms with Crippen LogP contribution in [-0.4, -0.2) is 32.5 Å². The molecule has 0 aromatic heterocycles. The summed E-state index contributed by atoms with van der Waals surface area (Å²) in [6.45, 7) is 7.19. The first kappa shape index (κ1) is 13.0. The van der Waals surface area contributed by atoms with Crippen LogP contribution in [0.15, 0.2) is 0 Å². The van der Waals surface area contributed by atoms with Crippen molar-refractivity contribution in [1.82, 2.24) is 5.32 Å². The standard InChI is InChI=1S/C11H23NO2S/c1-5-12-10-9(15(4,13)14)7-6-8-11(10,2)3/h9-10,12H,5-8H2,1-4H3. The molecule has 2 atom stereocenters. The largest absolute Gasteiger partial charge is 0.312 e. The van der Waals surface area contributed by atoms with Gasteiger partial charge in [-0.3, -0.25) is 0 Å². The van der Waals surface area contributed by atoms with E-state index in [0.717, 1.165) is 25.8 Å². The Morgan fingerprint density at radius 2 is 2.00 bits per heavy atom. The first-order valence-electron chi connectivity index (χ1n) is 5.71. The minimum atomic E-state index is -2.93. The fraction of sp³-hybridized carbons (Fsp3) is 1.00. The van der Waals surface area contributed by atoms with E-state index in [1.165, 1.54) is 6.26 Å². The topological polar surface area (TPSA) is 46.2 Å². The Morgan fingerprint density at radius 3 is 2.47 bits per heavy atom. The minimum absolute atomic E-state index is 0.0853. The van der Waals surface area contributed by atoms with Gasteiger partial charge in [0.15, 0.2) is 9.84 Å².